The predicted molar refractivity (Wildman–Crippen MR) is 103 cm³/mol. The van der Waals surface area contributed by atoms with Crippen LogP contribution in [0.4, 0.5) is 4.79 Å². The van der Waals surface area contributed by atoms with E-state index in [1.807, 2.05) is 25.7 Å². The summed E-state index contributed by atoms with van der Waals surface area (Å²) in [7, 11) is -3.72. The monoisotopic (exact) mass is 413 g/mol. The normalized spacial score (nSPS) is 24.2. The van der Waals surface area contributed by atoms with Gasteiger partial charge in [-0.05, 0) is 46.5 Å². The van der Waals surface area contributed by atoms with Crippen LogP contribution < -0.4 is 5.14 Å². The van der Waals surface area contributed by atoms with Gasteiger partial charge in [-0.15, -0.1) is 0 Å². The second-order valence-electron chi connectivity index (χ2n) is 9.21. The number of hydrogen-bond donors (Lipinski definition) is 1. The number of nitrogens with two attached hydrogens (primary N) is 1. The molecule has 0 unspecified atom stereocenters. The molecule has 0 spiro atoms. The van der Waals surface area contributed by atoms with E-state index >= 15 is 0 Å². The summed E-state index contributed by atoms with van der Waals surface area (Å²) in [5.41, 5.74) is -0.993. The SMILES string of the molecule is CC(C)(C)OC(=O)N(C1CC1)C1CCN(C2(CC#N)CN(S(N)(=O)=O)C2)CC1. The zero-order valence-corrected chi connectivity index (χ0v) is 17.7. The van der Waals surface area contributed by atoms with Crippen LogP contribution in [0, 0.1) is 11.3 Å². The lowest BCUT2D eigenvalue weighted by atomic mass is 9.84. The lowest BCUT2D eigenvalue weighted by Gasteiger charge is -2.55. The highest BCUT2D eigenvalue weighted by Crippen LogP contribution is 2.37. The van der Waals surface area contributed by atoms with Crippen molar-refractivity contribution in [3.05, 3.63) is 0 Å². The molecule has 3 rings (SSSR count). The summed E-state index contributed by atoms with van der Waals surface area (Å²) in [6.07, 6.45) is 3.63. The van der Waals surface area contributed by atoms with Crippen LogP contribution in [0.2, 0.25) is 0 Å². The van der Waals surface area contributed by atoms with Crippen LogP contribution in [0.15, 0.2) is 0 Å². The molecule has 0 radical (unpaired) electrons. The highest BCUT2D eigenvalue weighted by atomic mass is 32.2. The van der Waals surface area contributed by atoms with Crippen LogP contribution in [-0.4, -0.2) is 78.0 Å². The van der Waals surface area contributed by atoms with Gasteiger partial charge in [0.1, 0.15) is 5.60 Å². The molecule has 1 amide bonds. The molecule has 0 aromatic heterocycles. The summed E-state index contributed by atoms with van der Waals surface area (Å²) >= 11 is 0. The third-order valence-corrected chi connectivity index (χ3v) is 6.76. The summed E-state index contributed by atoms with van der Waals surface area (Å²) < 4.78 is 29.9. The highest BCUT2D eigenvalue weighted by molar-refractivity contribution is 7.86. The average Bonchev–Trinajstić information content (AvgIpc) is 3.33. The third-order valence-electron chi connectivity index (χ3n) is 5.78. The number of likely N-dealkylation sites (tertiary alicyclic amines) is 1. The topological polar surface area (TPSA) is 120 Å². The van der Waals surface area contributed by atoms with Gasteiger partial charge in [0, 0.05) is 38.3 Å². The maximum Gasteiger partial charge on any atom is 0.410 e. The molecule has 158 valence electrons. The number of nitriles is 1. The number of piperidine rings is 1. The van der Waals surface area contributed by atoms with E-state index < -0.39 is 21.3 Å². The second kappa shape index (κ2) is 7.44. The minimum atomic E-state index is -3.72. The number of nitrogens with zero attached hydrogens (tertiary/aromatic N) is 4. The van der Waals surface area contributed by atoms with Crippen LogP contribution in [0.25, 0.3) is 0 Å². The Kier molecular flexibility index (Phi) is 5.66. The van der Waals surface area contributed by atoms with Crippen molar-refractivity contribution >= 4 is 16.3 Å². The Morgan fingerprint density at radius 3 is 2.18 bits per heavy atom. The van der Waals surface area contributed by atoms with Gasteiger partial charge in [-0.3, -0.25) is 4.90 Å². The quantitative estimate of drug-likeness (QED) is 0.718. The molecule has 2 N–H and O–H groups in total. The highest BCUT2D eigenvalue weighted by Gasteiger charge is 2.52. The fourth-order valence-electron chi connectivity index (χ4n) is 4.24. The van der Waals surface area contributed by atoms with Gasteiger partial charge in [0.15, 0.2) is 0 Å². The fourth-order valence-corrected chi connectivity index (χ4v) is 5.08. The maximum atomic E-state index is 12.7. The van der Waals surface area contributed by atoms with Gasteiger partial charge in [-0.2, -0.15) is 18.0 Å². The molecule has 2 saturated heterocycles. The van der Waals surface area contributed by atoms with Crippen LogP contribution in [0.1, 0.15) is 52.9 Å². The van der Waals surface area contributed by atoms with Crippen molar-refractivity contribution in [2.75, 3.05) is 26.2 Å². The molecule has 28 heavy (non-hydrogen) atoms. The number of rotatable bonds is 5. The molecule has 0 aromatic carbocycles. The molecule has 10 heteroatoms. The first-order valence-electron chi connectivity index (χ1n) is 9.86. The Bertz CT molecular complexity index is 739. The minimum absolute atomic E-state index is 0.118. The van der Waals surface area contributed by atoms with Crippen LogP contribution in [-0.2, 0) is 14.9 Å². The molecule has 1 aliphatic carbocycles. The fraction of sp³-hybridized carbons (Fsp3) is 0.889. The van der Waals surface area contributed by atoms with Gasteiger partial charge in [0.2, 0.25) is 0 Å². The van der Waals surface area contributed by atoms with E-state index in [9.17, 15) is 18.5 Å². The molecular weight excluding hydrogens is 382 g/mol. The molecule has 3 aliphatic rings. The van der Waals surface area contributed by atoms with Crippen molar-refractivity contribution < 1.29 is 17.9 Å². The summed E-state index contributed by atoms with van der Waals surface area (Å²) in [4.78, 5) is 16.8. The Hall–Kier alpha value is -1.41. The summed E-state index contributed by atoms with van der Waals surface area (Å²) in [6.45, 7) is 7.56. The predicted octanol–water partition coefficient (Wildman–Crippen LogP) is 1.02. The Labute approximate surface area is 167 Å². The zero-order valence-electron chi connectivity index (χ0n) is 16.9. The first-order valence-corrected chi connectivity index (χ1v) is 11.4. The second-order valence-corrected chi connectivity index (χ2v) is 10.8. The van der Waals surface area contributed by atoms with Gasteiger partial charge >= 0.3 is 6.09 Å². The standard InChI is InChI=1S/C18H31N5O4S/c1-17(2,3)27-16(24)23(14-4-5-14)15-6-10-21(11-7-15)18(8-9-19)12-22(13-18)28(20,25)26/h14-15H,4-8,10-13H2,1-3H3,(H2,20,25,26). The largest absolute Gasteiger partial charge is 0.444 e. The number of hydrogen-bond acceptors (Lipinski definition) is 6. The molecule has 2 aliphatic heterocycles. The smallest absolute Gasteiger partial charge is 0.410 e. The van der Waals surface area contributed by atoms with Crippen LogP contribution in [0.3, 0.4) is 0 Å². The Balaban J connectivity index is 1.63. The molecule has 9 nitrogen and oxygen atoms in total. The van der Waals surface area contributed by atoms with Crippen molar-refractivity contribution in [2.45, 2.75) is 76.1 Å². The van der Waals surface area contributed by atoms with Gasteiger partial charge in [0.25, 0.3) is 10.2 Å². The summed E-state index contributed by atoms with van der Waals surface area (Å²) in [5, 5.41) is 14.5. The van der Waals surface area contributed by atoms with E-state index in [1.54, 1.807) is 0 Å². The number of amides is 1. The molecule has 1 saturated carbocycles. The van der Waals surface area contributed by atoms with Crippen molar-refractivity contribution in [3.8, 4) is 6.07 Å². The molecular formula is C18H31N5O4S. The molecule has 0 atom stereocenters. The minimum Gasteiger partial charge on any atom is -0.444 e. The Morgan fingerprint density at radius 1 is 1.21 bits per heavy atom. The van der Waals surface area contributed by atoms with E-state index in [2.05, 4.69) is 11.0 Å². The summed E-state index contributed by atoms with van der Waals surface area (Å²) in [6, 6.07) is 2.58. The van der Waals surface area contributed by atoms with Crippen molar-refractivity contribution in [1.82, 2.24) is 14.1 Å². The summed E-state index contributed by atoms with van der Waals surface area (Å²) in [5.74, 6) is 0. The Morgan fingerprint density at radius 2 is 1.75 bits per heavy atom. The van der Waals surface area contributed by atoms with E-state index in [4.69, 9.17) is 9.88 Å². The number of ether oxygens (including phenoxy) is 1. The van der Waals surface area contributed by atoms with E-state index in [1.165, 1.54) is 4.31 Å². The van der Waals surface area contributed by atoms with Crippen molar-refractivity contribution in [1.29, 1.82) is 5.26 Å². The zero-order chi connectivity index (χ0) is 20.7. The lowest BCUT2D eigenvalue weighted by molar-refractivity contribution is -0.0409. The molecule has 0 aromatic rings. The first kappa shape index (κ1) is 21.3. The first-order chi connectivity index (χ1) is 13.0. The third kappa shape index (κ3) is 4.59. The van der Waals surface area contributed by atoms with Gasteiger partial charge in [-0.1, -0.05) is 0 Å². The van der Waals surface area contributed by atoms with Crippen molar-refractivity contribution in [2.24, 2.45) is 5.14 Å². The van der Waals surface area contributed by atoms with Gasteiger partial charge in [0.05, 0.1) is 18.0 Å². The number of carbonyl (C=O) groups excluding carboxylic acids is 1. The lowest BCUT2D eigenvalue weighted by Crippen LogP contribution is -2.73. The van der Waals surface area contributed by atoms with Gasteiger partial charge in [-0.25, -0.2) is 9.93 Å². The molecule has 2 heterocycles. The van der Waals surface area contributed by atoms with E-state index in [0.29, 0.717) is 0 Å². The maximum absolute atomic E-state index is 12.7. The molecule has 0 bridgehead atoms. The van der Waals surface area contributed by atoms with E-state index in [0.717, 1.165) is 38.8 Å². The average molecular weight is 414 g/mol. The van der Waals surface area contributed by atoms with Crippen molar-refractivity contribution in [3.63, 3.8) is 0 Å². The van der Waals surface area contributed by atoms with Crippen LogP contribution >= 0.6 is 0 Å². The molecule has 3 fully saturated rings. The van der Waals surface area contributed by atoms with Crippen LogP contribution in [0.5, 0.6) is 0 Å². The number of carbonyl (C=O) groups is 1. The van der Waals surface area contributed by atoms with Gasteiger partial charge < -0.3 is 9.64 Å². The van der Waals surface area contributed by atoms with E-state index in [-0.39, 0.29) is 37.7 Å².